The van der Waals surface area contributed by atoms with Crippen LogP contribution in [0.1, 0.15) is 34.8 Å². The Kier molecular flexibility index (Phi) is 5.61. The highest BCUT2D eigenvalue weighted by Crippen LogP contribution is 2.16. The van der Waals surface area contributed by atoms with E-state index in [0.717, 1.165) is 0 Å². The topological polar surface area (TPSA) is 84.6 Å². The highest BCUT2D eigenvalue weighted by molar-refractivity contribution is 9.10. The number of carbonyl (C=O) groups is 2. The molecule has 2 amide bonds. The number of amides is 2. The summed E-state index contributed by atoms with van der Waals surface area (Å²) in [6.45, 7) is 4.86. The standard InChI is InChI=1S/C16H18BrN3O4/c1-4-20(5-2)15(22)10-8-11(16(23)19(3)9-10)18-14(21)12-6-7-13(17)24-12/h6-9H,4-5H2,1-3H3,(H,18,21). The number of halogens is 1. The van der Waals surface area contributed by atoms with Gasteiger partial charge in [0.1, 0.15) is 5.69 Å². The molecule has 8 heteroatoms. The molecule has 0 aliphatic carbocycles. The maximum atomic E-state index is 12.5. The number of nitrogens with one attached hydrogen (secondary N) is 1. The van der Waals surface area contributed by atoms with Crippen LogP contribution < -0.4 is 10.9 Å². The first-order chi connectivity index (χ1) is 11.4. The number of furan rings is 1. The lowest BCUT2D eigenvalue weighted by Crippen LogP contribution is -2.32. The summed E-state index contributed by atoms with van der Waals surface area (Å²) in [6, 6.07) is 4.45. The zero-order valence-electron chi connectivity index (χ0n) is 13.6. The van der Waals surface area contributed by atoms with E-state index in [-0.39, 0.29) is 17.4 Å². The molecule has 0 unspecified atom stereocenters. The summed E-state index contributed by atoms with van der Waals surface area (Å²) in [6.07, 6.45) is 1.46. The number of aryl methyl sites for hydroxylation is 1. The minimum Gasteiger partial charge on any atom is -0.444 e. The van der Waals surface area contributed by atoms with Gasteiger partial charge in [-0.2, -0.15) is 0 Å². The lowest BCUT2D eigenvalue weighted by molar-refractivity contribution is 0.0771. The third kappa shape index (κ3) is 3.76. The molecule has 0 atom stereocenters. The summed E-state index contributed by atoms with van der Waals surface area (Å²) in [4.78, 5) is 38.4. The van der Waals surface area contributed by atoms with Gasteiger partial charge in [-0.1, -0.05) is 0 Å². The van der Waals surface area contributed by atoms with Crippen LogP contribution in [0.4, 0.5) is 5.69 Å². The Morgan fingerprint density at radius 2 is 1.96 bits per heavy atom. The van der Waals surface area contributed by atoms with Gasteiger partial charge in [0.25, 0.3) is 17.4 Å². The third-order valence-corrected chi connectivity index (χ3v) is 3.95. The summed E-state index contributed by atoms with van der Waals surface area (Å²) in [7, 11) is 1.53. The second-order valence-electron chi connectivity index (χ2n) is 5.09. The largest absolute Gasteiger partial charge is 0.444 e. The first-order valence-electron chi connectivity index (χ1n) is 7.44. The van der Waals surface area contributed by atoms with E-state index in [1.54, 1.807) is 11.0 Å². The fourth-order valence-electron chi connectivity index (χ4n) is 2.23. The number of carbonyl (C=O) groups excluding carboxylic acids is 2. The van der Waals surface area contributed by atoms with Gasteiger partial charge in [-0.25, -0.2) is 0 Å². The second kappa shape index (κ2) is 7.48. The molecule has 0 fully saturated rings. The van der Waals surface area contributed by atoms with Crippen LogP contribution in [-0.2, 0) is 7.05 Å². The van der Waals surface area contributed by atoms with Crippen LogP contribution >= 0.6 is 15.9 Å². The molecule has 0 saturated carbocycles. The average Bonchev–Trinajstić information content (AvgIpc) is 2.99. The molecular weight excluding hydrogens is 378 g/mol. The van der Waals surface area contributed by atoms with E-state index in [1.165, 1.54) is 29.9 Å². The Morgan fingerprint density at radius 1 is 1.29 bits per heavy atom. The fraction of sp³-hybridized carbons (Fsp3) is 0.312. The van der Waals surface area contributed by atoms with Crippen LogP contribution in [-0.4, -0.2) is 34.4 Å². The van der Waals surface area contributed by atoms with Crippen molar-refractivity contribution in [3.63, 3.8) is 0 Å². The highest BCUT2D eigenvalue weighted by Gasteiger charge is 2.18. The first kappa shape index (κ1) is 18.0. The molecule has 1 N–H and O–H groups in total. The van der Waals surface area contributed by atoms with Crippen molar-refractivity contribution in [2.24, 2.45) is 7.05 Å². The van der Waals surface area contributed by atoms with Crippen LogP contribution in [0.2, 0.25) is 0 Å². The monoisotopic (exact) mass is 395 g/mol. The van der Waals surface area contributed by atoms with E-state index in [4.69, 9.17) is 4.42 Å². The molecule has 0 saturated heterocycles. The van der Waals surface area contributed by atoms with Crippen molar-refractivity contribution in [1.29, 1.82) is 0 Å². The van der Waals surface area contributed by atoms with Gasteiger partial charge < -0.3 is 19.2 Å². The van der Waals surface area contributed by atoms with Crippen molar-refractivity contribution in [2.45, 2.75) is 13.8 Å². The number of anilines is 1. The highest BCUT2D eigenvalue weighted by atomic mass is 79.9. The lowest BCUT2D eigenvalue weighted by atomic mass is 10.2. The number of pyridine rings is 1. The molecule has 128 valence electrons. The Morgan fingerprint density at radius 3 is 2.50 bits per heavy atom. The Balaban J connectivity index is 2.35. The van der Waals surface area contributed by atoms with Crippen molar-refractivity contribution >= 4 is 33.4 Å². The summed E-state index contributed by atoms with van der Waals surface area (Å²) in [5.41, 5.74) is -0.0603. The summed E-state index contributed by atoms with van der Waals surface area (Å²) >= 11 is 3.11. The molecule has 7 nitrogen and oxygen atoms in total. The van der Waals surface area contributed by atoms with Crippen LogP contribution in [0.25, 0.3) is 0 Å². The van der Waals surface area contributed by atoms with Gasteiger partial charge >= 0.3 is 0 Å². The number of hydrogen-bond acceptors (Lipinski definition) is 4. The fourth-order valence-corrected chi connectivity index (χ4v) is 2.54. The number of rotatable bonds is 5. The van der Waals surface area contributed by atoms with E-state index in [2.05, 4.69) is 21.2 Å². The van der Waals surface area contributed by atoms with Crippen molar-refractivity contribution in [3.05, 3.63) is 50.7 Å². The predicted molar refractivity (Wildman–Crippen MR) is 93.3 cm³/mol. The van der Waals surface area contributed by atoms with Crippen LogP contribution in [0.3, 0.4) is 0 Å². The molecule has 0 aliphatic heterocycles. The molecule has 2 rings (SSSR count). The minimum absolute atomic E-state index is 0.0213. The Labute approximate surface area is 147 Å². The molecule has 24 heavy (non-hydrogen) atoms. The van der Waals surface area contributed by atoms with Crippen LogP contribution in [0.15, 0.2) is 38.3 Å². The quantitative estimate of drug-likeness (QED) is 0.842. The van der Waals surface area contributed by atoms with Gasteiger partial charge in [-0.3, -0.25) is 14.4 Å². The zero-order valence-corrected chi connectivity index (χ0v) is 15.2. The lowest BCUT2D eigenvalue weighted by Gasteiger charge is -2.19. The smallest absolute Gasteiger partial charge is 0.291 e. The molecule has 0 spiro atoms. The zero-order chi connectivity index (χ0) is 17.9. The van der Waals surface area contributed by atoms with Gasteiger partial charge in [-0.05, 0) is 48.0 Å². The van der Waals surface area contributed by atoms with E-state index in [1.807, 2.05) is 13.8 Å². The second-order valence-corrected chi connectivity index (χ2v) is 5.88. The Hall–Kier alpha value is -2.35. The van der Waals surface area contributed by atoms with E-state index in [9.17, 15) is 14.4 Å². The van der Waals surface area contributed by atoms with Crippen LogP contribution in [0, 0.1) is 0 Å². The maximum absolute atomic E-state index is 12.5. The molecule has 0 aromatic carbocycles. The number of aromatic nitrogens is 1. The summed E-state index contributed by atoms with van der Waals surface area (Å²) < 4.78 is 6.84. The normalized spacial score (nSPS) is 10.5. The molecule has 0 aliphatic rings. The van der Waals surface area contributed by atoms with Crippen molar-refractivity contribution < 1.29 is 14.0 Å². The SMILES string of the molecule is CCN(CC)C(=O)c1cc(NC(=O)c2ccc(Br)o2)c(=O)n(C)c1. The third-order valence-electron chi connectivity index (χ3n) is 3.53. The number of nitrogens with zero attached hydrogens (tertiary/aromatic N) is 2. The minimum atomic E-state index is -0.565. The van der Waals surface area contributed by atoms with Crippen molar-refractivity contribution in [2.75, 3.05) is 18.4 Å². The molecule has 2 heterocycles. The van der Waals surface area contributed by atoms with Crippen LogP contribution in [0.5, 0.6) is 0 Å². The number of hydrogen-bond donors (Lipinski definition) is 1. The Bertz CT molecular complexity index is 821. The molecule has 2 aromatic rings. The van der Waals surface area contributed by atoms with Gasteiger partial charge in [0.15, 0.2) is 10.4 Å². The van der Waals surface area contributed by atoms with E-state index in [0.29, 0.717) is 23.3 Å². The molecule has 2 aromatic heterocycles. The molecular formula is C16H18BrN3O4. The van der Waals surface area contributed by atoms with Gasteiger partial charge in [-0.15, -0.1) is 0 Å². The van der Waals surface area contributed by atoms with E-state index >= 15 is 0 Å². The average molecular weight is 396 g/mol. The molecule has 0 bridgehead atoms. The first-order valence-corrected chi connectivity index (χ1v) is 8.23. The summed E-state index contributed by atoms with van der Waals surface area (Å²) in [5.74, 6) is -0.707. The van der Waals surface area contributed by atoms with E-state index < -0.39 is 11.5 Å². The van der Waals surface area contributed by atoms with Gasteiger partial charge in [0, 0.05) is 26.3 Å². The van der Waals surface area contributed by atoms with Gasteiger partial charge in [0.2, 0.25) is 0 Å². The molecule has 0 radical (unpaired) electrons. The van der Waals surface area contributed by atoms with Gasteiger partial charge in [0.05, 0.1) is 5.56 Å². The van der Waals surface area contributed by atoms with Crippen molar-refractivity contribution in [1.82, 2.24) is 9.47 Å². The predicted octanol–water partition coefficient (Wildman–Crippen LogP) is 2.48. The van der Waals surface area contributed by atoms with Crippen molar-refractivity contribution in [3.8, 4) is 0 Å². The summed E-state index contributed by atoms with van der Waals surface area (Å²) in [5, 5.41) is 2.49. The maximum Gasteiger partial charge on any atom is 0.291 e.